The lowest BCUT2D eigenvalue weighted by atomic mass is 10.0. The van der Waals surface area contributed by atoms with Crippen molar-refractivity contribution in [3.63, 3.8) is 0 Å². The second-order valence-electron chi connectivity index (χ2n) is 8.91. The Bertz CT molecular complexity index is 1030. The number of carbonyl (C=O) groups is 1. The second kappa shape index (κ2) is 9.86. The van der Waals surface area contributed by atoms with E-state index in [0.29, 0.717) is 12.5 Å². The van der Waals surface area contributed by atoms with Gasteiger partial charge in [0, 0.05) is 30.2 Å². The Balaban J connectivity index is 1.83. The van der Waals surface area contributed by atoms with Crippen LogP contribution in [0.3, 0.4) is 0 Å². The van der Waals surface area contributed by atoms with Gasteiger partial charge in [0.2, 0.25) is 0 Å². The summed E-state index contributed by atoms with van der Waals surface area (Å²) >= 11 is 0. The minimum Gasteiger partial charge on any atom is -0.345 e. The highest BCUT2D eigenvalue weighted by Crippen LogP contribution is 2.22. The maximum atomic E-state index is 13.4. The van der Waals surface area contributed by atoms with Crippen LogP contribution in [0.25, 0.3) is 0 Å². The molecule has 0 fully saturated rings. The number of aryl methyl sites for hydroxylation is 2. The minimum absolute atomic E-state index is 0.0572. The molecule has 0 aliphatic heterocycles. The van der Waals surface area contributed by atoms with Crippen LogP contribution in [0.5, 0.6) is 0 Å². The third-order valence-corrected chi connectivity index (χ3v) is 6.25. The molecule has 0 saturated carbocycles. The highest BCUT2D eigenvalue weighted by Gasteiger charge is 2.24. The first-order valence-electron chi connectivity index (χ1n) is 11.1. The van der Waals surface area contributed by atoms with Crippen molar-refractivity contribution in [3.05, 3.63) is 88.7 Å². The van der Waals surface area contributed by atoms with Crippen LogP contribution >= 0.6 is 0 Å². The number of anilines is 1. The van der Waals surface area contributed by atoms with Gasteiger partial charge in [-0.1, -0.05) is 55.8 Å². The van der Waals surface area contributed by atoms with Crippen molar-refractivity contribution in [3.8, 4) is 0 Å². The first-order chi connectivity index (χ1) is 14.8. The number of aromatic nitrogens is 1. The zero-order valence-corrected chi connectivity index (χ0v) is 19.6. The Morgan fingerprint density at radius 2 is 1.74 bits per heavy atom. The number of urea groups is 1. The molecule has 0 bridgehead atoms. The molecule has 3 rings (SSSR count). The lowest BCUT2D eigenvalue weighted by Crippen LogP contribution is -2.43. The summed E-state index contributed by atoms with van der Waals surface area (Å²) in [6.45, 7) is 14.0. The van der Waals surface area contributed by atoms with Crippen LogP contribution in [-0.2, 0) is 13.1 Å². The molecule has 2 aromatic carbocycles. The van der Waals surface area contributed by atoms with Crippen molar-refractivity contribution >= 4 is 11.7 Å². The Kier molecular flexibility index (Phi) is 7.21. The van der Waals surface area contributed by atoms with Crippen molar-refractivity contribution in [1.29, 1.82) is 0 Å². The number of rotatable bonds is 7. The van der Waals surface area contributed by atoms with Crippen LogP contribution in [0.1, 0.15) is 48.7 Å². The van der Waals surface area contributed by atoms with Gasteiger partial charge in [-0.3, -0.25) is 0 Å². The van der Waals surface area contributed by atoms with E-state index in [1.165, 1.54) is 16.7 Å². The van der Waals surface area contributed by atoms with E-state index in [9.17, 15) is 4.79 Å². The molecule has 2 amide bonds. The molecule has 0 aliphatic rings. The fraction of sp³-hybridized carbons (Fsp3) is 0.370. The first-order valence-corrected chi connectivity index (χ1v) is 11.1. The molecule has 1 atom stereocenters. The number of carbonyl (C=O) groups excluding carboxylic acids is 1. The van der Waals surface area contributed by atoms with Crippen molar-refractivity contribution in [2.24, 2.45) is 5.92 Å². The fourth-order valence-electron chi connectivity index (χ4n) is 3.76. The third-order valence-electron chi connectivity index (χ3n) is 6.25. The van der Waals surface area contributed by atoms with Gasteiger partial charge in [-0.2, -0.15) is 0 Å². The van der Waals surface area contributed by atoms with Crippen LogP contribution < -0.4 is 5.32 Å². The molecule has 3 aromatic rings. The summed E-state index contributed by atoms with van der Waals surface area (Å²) in [5.74, 6) is 0.351. The SMILES string of the molecule is Cc1cccc(Cn2cccc2CN(C(=O)Nc2cccc(C)c2C)C(C)C(C)C)c1. The first kappa shape index (κ1) is 22.7. The predicted molar refractivity (Wildman–Crippen MR) is 129 cm³/mol. The number of benzene rings is 2. The third kappa shape index (κ3) is 5.57. The van der Waals surface area contributed by atoms with Gasteiger partial charge in [-0.15, -0.1) is 0 Å². The van der Waals surface area contributed by atoms with E-state index in [2.05, 4.69) is 93.2 Å². The van der Waals surface area contributed by atoms with E-state index in [0.717, 1.165) is 23.5 Å². The van der Waals surface area contributed by atoms with Crippen LogP contribution in [0.2, 0.25) is 0 Å². The molecule has 4 heteroatoms. The fourth-order valence-corrected chi connectivity index (χ4v) is 3.76. The quantitative estimate of drug-likeness (QED) is 0.465. The Labute approximate surface area is 186 Å². The lowest BCUT2D eigenvalue weighted by Gasteiger charge is -2.32. The van der Waals surface area contributed by atoms with Crippen LogP contribution in [0, 0.1) is 26.7 Å². The van der Waals surface area contributed by atoms with Gasteiger partial charge in [0.05, 0.1) is 6.54 Å². The molecule has 0 saturated heterocycles. The van der Waals surface area contributed by atoms with Gasteiger partial charge in [0.1, 0.15) is 0 Å². The summed E-state index contributed by atoms with van der Waals surface area (Å²) in [5, 5.41) is 3.15. The minimum atomic E-state index is -0.0572. The van der Waals surface area contributed by atoms with Gasteiger partial charge in [-0.05, 0) is 68.5 Å². The molecule has 0 radical (unpaired) electrons. The van der Waals surface area contributed by atoms with E-state index in [4.69, 9.17) is 0 Å². The molecule has 4 nitrogen and oxygen atoms in total. The number of nitrogens with zero attached hydrogens (tertiary/aromatic N) is 2. The van der Waals surface area contributed by atoms with E-state index in [-0.39, 0.29) is 12.1 Å². The molecule has 1 aromatic heterocycles. The van der Waals surface area contributed by atoms with Crippen molar-refractivity contribution in [2.45, 2.75) is 60.7 Å². The molecular weight excluding hydrogens is 382 g/mol. The average molecular weight is 418 g/mol. The molecule has 1 N–H and O–H groups in total. The van der Waals surface area contributed by atoms with Gasteiger partial charge >= 0.3 is 6.03 Å². The summed E-state index contributed by atoms with van der Waals surface area (Å²) in [4.78, 5) is 15.3. The zero-order valence-electron chi connectivity index (χ0n) is 19.6. The Morgan fingerprint density at radius 3 is 2.45 bits per heavy atom. The van der Waals surface area contributed by atoms with E-state index < -0.39 is 0 Å². The normalized spacial score (nSPS) is 12.1. The maximum Gasteiger partial charge on any atom is 0.322 e. The summed E-state index contributed by atoms with van der Waals surface area (Å²) in [5.41, 5.74) is 6.81. The van der Waals surface area contributed by atoms with E-state index >= 15 is 0 Å². The second-order valence-corrected chi connectivity index (χ2v) is 8.91. The standard InChI is InChI=1S/C27H35N3O/c1-19(2)23(6)30(27(31)28-26-14-8-11-21(4)22(26)5)18-25-13-9-15-29(25)17-24-12-7-10-20(3)16-24/h7-16,19,23H,17-18H2,1-6H3,(H,28,31). The summed E-state index contributed by atoms with van der Waals surface area (Å²) < 4.78 is 2.24. The predicted octanol–water partition coefficient (Wildman–Crippen LogP) is 6.54. The molecule has 31 heavy (non-hydrogen) atoms. The molecule has 0 aliphatic carbocycles. The monoisotopic (exact) mass is 417 g/mol. The summed E-state index contributed by atoms with van der Waals surface area (Å²) in [7, 11) is 0. The lowest BCUT2D eigenvalue weighted by molar-refractivity contribution is 0.168. The zero-order chi connectivity index (χ0) is 22.5. The average Bonchev–Trinajstić information content (AvgIpc) is 3.15. The molecule has 164 valence electrons. The van der Waals surface area contributed by atoms with Gasteiger partial charge in [-0.25, -0.2) is 4.79 Å². The number of nitrogens with one attached hydrogen (secondary N) is 1. The molecule has 1 unspecified atom stereocenters. The van der Waals surface area contributed by atoms with Gasteiger partial charge < -0.3 is 14.8 Å². The van der Waals surface area contributed by atoms with E-state index in [1.807, 2.05) is 24.0 Å². The smallest absolute Gasteiger partial charge is 0.322 e. The highest BCUT2D eigenvalue weighted by molar-refractivity contribution is 5.90. The number of hydrogen-bond donors (Lipinski definition) is 1. The Morgan fingerprint density at radius 1 is 1.00 bits per heavy atom. The topological polar surface area (TPSA) is 37.3 Å². The van der Waals surface area contributed by atoms with Crippen molar-refractivity contribution in [1.82, 2.24) is 9.47 Å². The van der Waals surface area contributed by atoms with Crippen LogP contribution in [0.4, 0.5) is 10.5 Å². The molecular formula is C27H35N3O. The summed E-state index contributed by atoms with van der Waals surface area (Å²) in [6.07, 6.45) is 2.10. The largest absolute Gasteiger partial charge is 0.345 e. The highest BCUT2D eigenvalue weighted by atomic mass is 16.2. The maximum absolute atomic E-state index is 13.4. The Hall–Kier alpha value is -3.01. The van der Waals surface area contributed by atoms with Crippen LogP contribution in [0.15, 0.2) is 60.8 Å². The number of amides is 2. The molecule has 0 spiro atoms. The summed E-state index contributed by atoms with van der Waals surface area (Å²) in [6, 6.07) is 18.8. The van der Waals surface area contributed by atoms with Gasteiger partial charge in [0.15, 0.2) is 0 Å². The van der Waals surface area contributed by atoms with E-state index in [1.54, 1.807) is 0 Å². The van der Waals surface area contributed by atoms with Crippen molar-refractivity contribution in [2.75, 3.05) is 5.32 Å². The number of hydrogen-bond acceptors (Lipinski definition) is 1. The molecule has 1 heterocycles. The van der Waals surface area contributed by atoms with Gasteiger partial charge in [0.25, 0.3) is 0 Å². The van der Waals surface area contributed by atoms with Crippen LogP contribution in [-0.4, -0.2) is 21.5 Å². The van der Waals surface area contributed by atoms with Crippen molar-refractivity contribution < 1.29 is 4.79 Å².